The number of hydrogen-bond donors (Lipinski definition) is 1. The minimum atomic E-state index is -4.75. The Balaban J connectivity index is 1.72. The lowest BCUT2D eigenvalue weighted by Crippen LogP contribution is -2.17. The number of nitrogens with one attached hydrogen (secondary N) is 1. The van der Waals surface area contributed by atoms with Gasteiger partial charge in [0.2, 0.25) is 5.95 Å². The SMILES string of the molecule is CC[C@H](c1ccccc1)n1c(Nc2ccc(OC(F)(F)F)cc2)nc2cc(CCC(=O)OC)ccc21. The second-order valence-electron chi connectivity index (χ2n) is 8.24. The normalized spacial score (nSPS) is 12.4. The van der Waals surface area contributed by atoms with Gasteiger partial charge >= 0.3 is 12.3 Å². The third kappa shape index (κ3) is 5.97. The molecule has 4 aromatic rings. The Bertz CT molecular complexity index is 1320. The molecule has 3 aromatic carbocycles. The molecule has 1 heterocycles. The van der Waals surface area contributed by atoms with Gasteiger partial charge in [-0.05, 0) is 60.4 Å². The Morgan fingerprint density at radius 2 is 1.78 bits per heavy atom. The highest BCUT2D eigenvalue weighted by molar-refractivity contribution is 5.81. The van der Waals surface area contributed by atoms with Crippen LogP contribution in [0, 0.1) is 0 Å². The summed E-state index contributed by atoms with van der Waals surface area (Å²) in [7, 11) is 1.36. The summed E-state index contributed by atoms with van der Waals surface area (Å²) < 4.78 is 48.4. The van der Waals surface area contributed by atoms with Crippen LogP contribution in [0.25, 0.3) is 11.0 Å². The molecule has 36 heavy (non-hydrogen) atoms. The van der Waals surface area contributed by atoms with Crippen LogP contribution in [0.3, 0.4) is 0 Å². The van der Waals surface area contributed by atoms with Crippen LogP contribution in [-0.2, 0) is 16.0 Å². The van der Waals surface area contributed by atoms with Crippen LogP contribution in [0.4, 0.5) is 24.8 Å². The van der Waals surface area contributed by atoms with Crippen LogP contribution < -0.4 is 10.1 Å². The molecule has 0 radical (unpaired) electrons. The van der Waals surface area contributed by atoms with Crippen molar-refractivity contribution >= 4 is 28.6 Å². The van der Waals surface area contributed by atoms with E-state index in [4.69, 9.17) is 9.72 Å². The number of carbonyl (C=O) groups excluding carboxylic acids is 1. The van der Waals surface area contributed by atoms with E-state index in [1.54, 1.807) is 0 Å². The molecule has 0 fully saturated rings. The number of aryl methyl sites for hydroxylation is 1. The summed E-state index contributed by atoms with van der Waals surface area (Å²) in [5.74, 6) is -0.0288. The van der Waals surface area contributed by atoms with E-state index in [2.05, 4.69) is 33.7 Å². The van der Waals surface area contributed by atoms with E-state index in [0.29, 0.717) is 18.1 Å². The second kappa shape index (κ2) is 10.7. The Morgan fingerprint density at radius 3 is 2.42 bits per heavy atom. The molecular weight excluding hydrogens is 471 g/mol. The van der Waals surface area contributed by atoms with Gasteiger partial charge in [0.1, 0.15) is 5.75 Å². The number of rotatable bonds is 9. The van der Waals surface area contributed by atoms with E-state index in [1.807, 2.05) is 36.4 Å². The van der Waals surface area contributed by atoms with E-state index >= 15 is 0 Å². The van der Waals surface area contributed by atoms with Crippen LogP contribution in [0.1, 0.15) is 36.9 Å². The molecule has 0 bridgehead atoms. The van der Waals surface area contributed by atoms with Crippen LogP contribution in [0.5, 0.6) is 5.75 Å². The Kier molecular flexibility index (Phi) is 7.47. The maximum Gasteiger partial charge on any atom is 0.573 e. The number of benzene rings is 3. The number of nitrogens with zero attached hydrogens (tertiary/aromatic N) is 2. The molecule has 1 atom stereocenters. The summed E-state index contributed by atoms with van der Waals surface area (Å²) in [4.78, 5) is 16.4. The van der Waals surface area contributed by atoms with Crippen molar-refractivity contribution in [1.29, 1.82) is 0 Å². The van der Waals surface area contributed by atoms with Gasteiger partial charge in [-0.2, -0.15) is 0 Å². The molecule has 0 spiro atoms. The molecule has 1 aromatic heterocycles. The standard InChI is InChI=1S/C27H26F3N3O3/c1-3-23(19-7-5-4-6-8-19)33-24-15-9-18(10-16-25(34)35-2)17-22(24)32-26(33)31-20-11-13-21(14-12-20)36-27(28,29)30/h4-9,11-15,17,23H,3,10,16H2,1-2H3,(H,31,32)/t23-/m1/s1. The molecule has 0 amide bonds. The number of aromatic nitrogens is 2. The van der Waals surface area contributed by atoms with Crippen LogP contribution in [0.2, 0.25) is 0 Å². The predicted molar refractivity (Wildman–Crippen MR) is 131 cm³/mol. The number of halogens is 3. The average molecular weight is 498 g/mol. The van der Waals surface area contributed by atoms with Gasteiger partial charge in [0.15, 0.2) is 0 Å². The molecule has 9 heteroatoms. The molecule has 188 valence electrons. The van der Waals surface area contributed by atoms with Crippen molar-refractivity contribution in [2.75, 3.05) is 12.4 Å². The van der Waals surface area contributed by atoms with Crippen molar-refractivity contribution in [1.82, 2.24) is 9.55 Å². The first-order chi connectivity index (χ1) is 17.3. The first-order valence-corrected chi connectivity index (χ1v) is 11.5. The minimum absolute atomic E-state index is 0.0348. The summed E-state index contributed by atoms with van der Waals surface area (Å²) >= 11 is 0. The highest BCUT2D eigenvalue weighted by Gasteiger charge is 2.31. The van der Waals surface area contributed by atoms with Gasteiger partial charge < -0.3 is 19.4 Å². The van der Waals surface area contributed by atoms with Gasteiger partial charge in [-0.3, -0.25) is 4.79 Å². The molecule has 0 aliphatic carbocycles. The lowest BCUT2D eigenvalue weighted by molar-refractivity contribution is -0.274. The molecule has 4 rings (SSSR count). The second-order valence-corrected chi connectivity index (χ2v) is 8.24. The molecule has 0 unspecified atom stereocenters. The van der Waals surface area contributed by atoms with Crippen molar-refractivity contribution < 1.29 is 27.4 Å². The predicted octanol–water partition coefficient (Wildman–Crippen LogP) is 6.78. The van der Waals surface area contributed by atoms with Crippen molar-refractivity contribution in [3.63, 3.8) is 0 Å². The van der Waals surface area contributed by atoms with E-state index in [-0.39, 0.29) is 24.2 Å². The fourth-order valence-corrected chi connectivity index (χ4v) is 4.16. The molecule has 0 aliphatic rings. The summed E-state index contributed by atoms with van der Waals surface area (Å²) in [5, 5.41) is 3.26. The van der Waals surface area contributed by atoms with Crippen LogP contribution >= 0.6 is 0 Å². The quantitative estimate of drug-likeness (QED) is 0.258. The molecule has 1 N–H and O–H groups in total. The van der Waals surface area contributed by atoms with Crippen molar-refractivity contribution in [2.24, 2.45) is 0 Å². The number of hydrogen-bond acceptors (Lipinski definition) is 5. The number of ether oxygens (including phenoxy) is 2. The van der Waals surface area contributed by atoms with E-state index < -0.39 is 6.36 Å². The zero-order valence-corrected chi connectivity index (χ0v) is 19.9. The Morgan fingerprint density at radius 1 is 1.06 bits per heavy atom. The minimum Gasteiger partial charge on any atom is -0.469 e. The summed E-state index contributed by atoms with van der Waals surface area (Å²) in [6.45, 7) is 2.08. The Labute approximate surface area is 206 Å². The molecule has 0 saturated heterocycles. The van der Waals surface area contributed by atoms with Gasteiger partial charge in [0.25, 0.3) is 0 Å². The third-order valence-electron chi connectivity index (χ3n) is 5.83. The average Bonchev–Trinajstić information content (AvgIpc) is 3.21. The van der Waals surface area contributed by atoms with E-state index in [0.717, 1.165) is 28.6 Å². The fraction of sp³-hybridized carbons (Fsp3) is 0.259. The molecule has 0 aliphatic heterocycles. The maximum absolute atomic E-state index is 12.5. The number of alkyl halides is 3. The summed E-state index contributed by atoms with van der Waals surface area (Å²) in [6, 6.07) is 21.4. The number of esters is 1. The topological polar surface area (TPSA) is 65.4 Å². The van der Waals surface area contributed by atoms with E-state index in [9.17, 15) is 18.0 Å². The highest BCUT2D eigenvalue weighted by atomic mass is 19.4. The van der Waals surface area contributed by atoms with Gasteiger partial charge in [-0.15, -0.1) is 13.2 Å². The number of carbonyl (C=O) groups is 1. The van der Waals surface area contributed by atoms with Crippen LogP contribution in [0.15, 0.2) is 72.8 Å². The Hall–Kier alpha value is -4.01. The van der Waals surface area contributed by atoms with Gasteiger partial charge in [0.05, 0.1) is 24.2 Å². The smallest absolute Gasteiger partial charge is 0.469 e. The zero-order chi connectivity index (χ0) is 25.7. The monoisotopic (exact) mass is 497 g/mol. The number of fused-ring (bicyclic) bond motifs is 1. The lowest BCUT2D eigenvalue weighted by Gasteiger charge is -2.21. The molecular formula is C27H26F3N3O3. The lowest BCUT2D eigenvalue weighted by atomic mass is 10.0. The van der Waals surface area contributed by atoms with Crippen molar-refractivity contribution in [3.8, 4) is 5.75 Å². The van der Waals surface area contributed by atoms with Crippen LogP contribution in [-0.4, -0.2) is 29.0 Å². The summed E-state index contributed by atoms with van der Waals surface area (Å²) in [5.41, 5.74) is 4.25. The third-order valence-corrected chi connectivity index (χ3v) is 5.83. The van der Waals surface area contributed by atoms with Gasteiger partial charge in [-0.25, -0.2) is 4.98 Å². The largest absolute Gasteiger partial charge is 0.573 e. The van der Waals surface area contributed by atoms with Gasteiger partial charge in [-0.1, -0.05) is 43.3 Å². The summed E-state index contributed by atoms with van der Waals surface area (Å²) in [6.07, 6.45) is -3.18. The van der Waals surface area contributed by atoms with Crippen molar-refractivity contribution in [2.45, 2.75) is 38.6 Å². The molecule has 0 saturated carbocycles. The number of anilines is 2. The first-order valence-electron chi connectivity index (χ1n) is 11.5. The van der Waals surface area contributed by atoms with Gasteiger partial charge in [0, 0.05) is 12.1 Å². The number of imidazole rings is 1. The fourth-order valence-electron chi connectivity index (χ4n) is 4.16. The van der Waals surface area contributed by atoms with E-state index in [1.165, 1.54) is 31.4 Å². The zero-order valence-electron chi connectivity index (χ0n) is 19.9. The first kappa shape index (κ1) is 25.1. The maximum atomic E-state index is 12.5. The molecule has 6 nitrogen and oxygen atoms in total. The van der Waals surface area contributed by atoms with Crippen molar-refractivity contribution in [3.05, 3.63) is 83.9 Å². The number of methoxy groups -OCH3 is 1. The highest BCUT2D eigenvalue weighted by Crippen LogP contribution is 2.33.